The van der Waals surface area contributed by atoms with E-state index in [0.29, 0.717) is 19.5 Å². The van der Waals surface area contributed by atoms with Crippen molar-refractivity contribution in [2.45, 2.75) is 13.0 Å². The van der Waals surface area contributed by atoms with E-state index in [2.05, 4.69) is 34.5 Å². The molecule has 1 aliphatic rings. The van der Waals surface area contributed by atoms with Gasteiger partial charge in [-0.1, -0.05) is 18.2 Å². The van der Waals surface area contributed by atoms with E-state index in [1.807, 2.05) is 18.2 Å². The first kappa shape index (κ1) is 21.8. The van der Waals surface area contributed by atoms with Crippen LogP contribution >= 0.6 is 0 Å². The third kappa shape index (κ3) is 5.79. The standard InChI is InChI=1S/C23H31N3O4/c1-25(17-18-4-7-20(8-5-18)26-12-14-30-15-13-26)23(27)24-11-10-19-6-9-21(28-2)16-22(19)29-3/h4-9,16H,10-15,17H2,1-3H3,(H,24,27). The Kier molecular flexibility index (Phi) is 7.79. The van der Waals surface area contributed by atoms with Crippen molar-refractivity contribution in [3.63, 3.8) is 0 Å². The molecular weight excluding hydrogens is 382 g/mol. The summed E-state index contributed by atoms with van der Waals surface area (Å²) in [5.41, 5.74) is 3.32. The van der Waals surface area contributed by atoms with Crippen LogP contribution in [-0.2, 0) is 17.7 Å². The number of ether oxygens (including phenoxy) is 3. The van der Waals surface area contributed by atoms with Crippen LogP contribution in [0.25, 0.3) is 0 Å². The fraction of sp³-hybridized carbons (Fsp3) is 0.435. The van der Waals surface area contributed by atoms with E-state index in [-0.39, 0.29) is 6.03 Å². The maximum atomic E-state index is 12.4. The largest absolute Gasteiger partial charge is 0.497 e. The first-order valence-electron chi connectivity index (χ1n) is 10.2. The van der Waals surface area contributed by atoms with Gasteiger partial charge in [-0.2, -0.15) is 0 Å². The minimum atomic E-state index is -0.0975. The molecule has 2 amide bonds. The van der Waals surface area contributed by atoms with Crippen molar-refractivity contribution in [2.24, 2.45) is 0 Å². The van der Waals surface area contributed by atoms with Crippen molar-refractivity contribution in [1.82, 2.24) is 10.2 Å². The third-order valence-electron chi connectivity index (χ3n) is 5.24. The average Bonchev–Trinajstić information content (AvgIpc) is 2.80. The van der Waals surface area contributed by atoms with Crippen LogP contribution in [-0.4, -0.2) is 65.0 Å². The molecular formula is C23H31N3O4. The highest BCUT2D eigenvalue weighted by Gasteiger charge is 2.13. The number of urea groups is 1. The van der Waals surface area contributed by atoms with E-state index in [4.69, 9.17) is 14.2 Å². The molecule has 0 aliphatic carbocycles. The number of hydrogen-bond donors (Lipinski definition) is 1. The number of rotatable bonds is 8. The summed E-state index contributed by atoms with van der Waals surface area (Å²) in [5, 5.41) is 2.97. The first-order chi connectivity index (χ1) is 14.6. The van der Waals surface area contributed by atoms with Gasteiger partial charge < -0.3 is 29.3 Å². The van der Waals surface area contributed by atoms with Gasteiger partial charge in [0.15, 0.2) is 0 Å². The van der Waals surface area contributed by atoms with Crippen molar-refractivity contribution in [3.8, 4) is 11.5 Å². The Morgan fingerprint density at radius 3 is 2.50 bits per heavy atom. The second-order valence-electron chi connectivity index (χ2n) is 7.28. The van der Waals surface area contributed by atoms with Crippen molar-refractivity contribution >= 4 is 11.7 Å². The van der Waals surface area contributed by atoms with Crippen LogP contribution in [0.2, 0.25) is 0 Å². The topological polar surface area (TPSA) is 63.3 Å². The van der Waals surface area contributed by atoms with Gasteiger partial charge in [-0.3, -0.25) is 0 Å². The molecule has 1 aliphatic heterocycles. The molecule has 1 heterocycles. The third-order valence-corrected chi connectivity index (χ3v) is 5.24. The predicted molar refractivity (Wildman–Crippen MR) is 118 cm³/mol. The summed E-state index contributed by atoms with van der Waals surface area (Å²) >= 11 is 0. The minimum absolute atomic E-state index is 0.0975. The lowest BCUT2D eigenvalue weighted by molar-refractivity contribution is 0.122. The highest BCUT2D eigenvalue weighted by molar-refractivity contribution is 5.73. The van der Waals surface area contributed by atoms with E-state index in [9.17, 15) is 4.79 Å². The molecule has 0 aromatic heterocycles. The van der Waals surface area contributed by atoms with Crippen molar-refractivity contribution in [3.05, 3.63) is 53.6 Å². The summed E-state index contributed by atoms with van der Waals surface area (Å²) in [6.07, 6.45) is 0.682. The second-order valence-corrected chi connectivity index (χ2v) is 7.28. The Bertz CT molecular complexity index is 820. The molecule has 2 aromatic carbocycles. The molecule has 0 unspecified atom stereocenters. The van der Waals surface area contributed by atoms with Gasteiger partial charge in [0.2, 0.25) is 0 Å². The number of nitrogens with zero attached hydrogens (tertiary/aromatic N) is 2. The van der Waals surface area contributed by atoms with Crippen molar-refractivity contribution in [1.29, 1.82) is 0 Å². The zero-order valence-corrected chi connectivity index (χ0v) is 18.0. The number of methoxy groups -OCH3 is 2. The Morgan fingerprint density at radius 2 is 1.83 bits per heavy atom. The summed E-state index contributed by atoms with van der Waals surface area (Å²) in [4.78, 5) is 16.5. The average molecular weight is 414 g/mol. The molecule has 0 atom stereocenters. The molecule has 1 fully saturated rings. The minimum Gasteiger partial charge on any atom is -0.497 e. The van der Waals surface area contributed by atoms with E-state index < -0.39 is 0 Å². The Hall–Kier alpha value is -2.93. The second kappa shape index (κ2) is 10.7. The van der Waals surface area contributed by atoms with Crippen LogP contribution in [0.3, 0.4) is 0 Å². The zero-order valence-electron chi connectivity index (χ0n) is 18.0. The lowest BCUT2D eigenvalue weighted by Crippen LogP contribution is -2.38. The number of morpholine rings is 1. The SMILES string of the molecule is COc1ccc(CCNC(=O)N(C)Cc2ccc(N3CCOCC3)cc2)c(OC)c1. The van der Waals surface area contributed by atoms with E-state index in [1.54, 1.807) is 26.2 Å². The lowest BCUT2D eigenvalue weighted by atomic mass is 10.1. The fourth-order valence-electron chi connectivity index (χ4n) is 3.48. The molecule has 30 heavy (non-hydrogen) atoms. The van der Waals surface area contributed by atoms with Gasteiger partial charge in [-0.15, -0.1) is 0 Å². The van der Waals surface area contributed by atoms with Gasteiger partial charge in [-0.05, 0) is 35.7 Å². The molecule has 1 N–H and O–H groups in total. The van der Waals surface area contributed by atoms with Crippen molar-refractivity contribution < 1.29 is 19.0 Å². The molecule has 2 aromatic rings. The van der Waals surface area contributed by atoms with Crippen LogP contribution in [0.5, 0.6) is 11.5 Å². The van der Waals surface area contributed by atoms with Gasteiger partial charge in [0.25, 0.3) is 0 Å². The fourth-order valence-corrected chi connectivity index (χ4v) is 3.48. The molecule has 7 nitrogen and oxygen atoms in total. The summed E-state index contributed by atoms with van der Waals surface area (Å²) in [6.45, 7) is 4.46. The Balaban J connectivity index is 1.46. The van der Waals surface area contributed by atoms with Crippen LogP contribution in [0.15, 0.2) is 42.5 Å². The van der Waals surface area contributed by atoms with Crippen molar-refractivity contribution in [2.75, 3.05) is 59.0 Å². The smallest absolute Gasteiger partial charge is 0.317 e. The maximum Gasteiger partial charge on any atom is 0.317 e. The number of carbonyl (C=O) groups excluding carboxylic acids is 1. The molecule has 0 bridgehead atoms. The predicted octanol–water partition coefficient (Wildman–Crippen LogP) is 2.92. The van der Waals surface area contributed by atoms with E-state index >= 15 is 0 Å². The molecule has 1 saturated heterocycles. The van der Waals surface area contributed by atoms with Gasteiger partial charge in [0, 0.05) is 45.0 Å². The van der Waals surface area contributed by atoms with E-state index in [0.717, 1.165) is 48.9 Å². The molecule has 3 rings (SSSR count). The van der Waals surface area contributed by atoms with Crippen LogP contribution in [0, 0.1) is 0 Å². The zero-order chi connectivity index (χ0) is 21.3. The molecule has 0 radical (unpaired) electrons. The Morgan fingerprint density at radius 1 is 1.10 bits per heavy atom. The molecule has 0 saturated carbocycles. The Labute approximate surface area is 178 Å². The summed E-state index contributed by atoms with van der Waals surface area (Å²) in [7, 11) is 5.06. The normalized spacial score (nSPS) is 13.6. The monoisotopic (exact) mass is 413 g/mol. The van der Waals surface area contributed by atoms with E-state index in [1.165, 1.54) is 5.69 Å². The van der Waals surface area contributed by atoms with Crippen LogP contribution in [0.4, 0.5) is 10.5 Å². The first-order valence-corrected chi connectivity index (χ1v) is 10.2. The molecule has 162 valence electrons. The number of hydrogen-bond acceptors (Lipinski definition) is 5. The maximum absolute atomic E-state index is 12.4. The number of nitrogens with one attached hydrogen (secondary N) is 1. The number of anilines is 1. The lowest BCUT2D eigenvalue weighted by Gasteiger charge is -2.29. The highest BCUT2D eigenvalue weighted by Crippen LogP contribution is 2.24. The molecule has 7 heteroatoms. The number of amides is 2. The summed E-state index contributed by atoms with van der Waals surface area (Å²) in [6, 6.07) is 14.0. The molecule has 0 spiro atoms. The van der Waals surface area contributed by atoms with Crippen LogP contribution in [0.1, 0.15) is 11.1 Å². The van der Waals surface area contributed by atoms with Gasteiger partial charge in [-0.25, -0.2) is 4.79 Å². The summed E-state index contributed by atoms with van der Waals surface area (Å²) < 4.78 is 16.0. The van der Waals surface area contributed by atoms with Gasteiger partial charge >= 0.3 is 6.03 Å². The van der Waals surface area contributed by atoms with Crippen LogP contribution < -0.4 is 19.7 Å². The summed E-state index contributed by atoms with van der Waals surface area (Å²) in [5.74, 6) is 1.51. The number of carbonyl (C=O) groups is 1. The van der Waals surface area contributed by atoms with Gasteiger partial charge in [0.05, 0.1) is 27.4 Å². The van der Waals surface area contributed by atoms with Gasteiger partial charge in [0.1, 0.15) is 11.5 Å². The highest BCUT2D eigenvalue weighted by atomic mass is 16.5. The number of benzene rings is 2. The quantitative estimate of drug-likeness (QED) is 0.721.